The van der Waals surface area contributed by atoms with Crippen LogP contribution in [0.5, 0.6) is 0 Å². The van der Waals surface area contributed by atoms with Crippen molar-refractivity contribution in [1.29, 1.82) is 0 Å². The molecule has 0 bridgehead atoms. The number of nitrogens with zero attached hydrogens (tertiary/aromatic N) is 3. The van der Waals surface area contributed by atoms with Crippen molar-refractivity contribution in [3.05, 3.63) is 82.5 Å². The van der Waals surface area contributed by atoms with Crippen molar-refractivity contribution in [3.8, 4) is 11.3 Å². The van der Waals surface area contributed by atoms with Crippen LogP contribution in [0.4, 0.5) is 0 Å². The highest BCUT2D eigenvalue weighted by Crippen LogP contribution is 2.25. The van der Waals surface area contributed by atoms with Crippen LogP contribution in [-0.4, -0.2) is 39.3 Å². The largest absolute Gasteiger partial charge is 0.466 e. The highest BCUT2D eigenvalue weighted by molar-refractivity contribution is 7.15. The molecule has 8 heteroatoms. The first-order valence-corrected chi connectivity index (χ1v) is 12.5. The summed E-state index contributed by atoms with van der Waals surface area (Å²) in [4.78, 5) is 32.2. The maximum atomic E-state index is 13.0. The summed E-state index contributed by atoms with van der Waals surface area (Å²) < 4.78 is 7.06. The van der Waals surface area contributed by atoms with Gasteiger partial charge in [0.1, 0.15) is 0 Å². The van der Waals surface area contributed by atoms with Gasteiger partial charge >= 0.3 is 5.97 Å². The molecule has 0 unspecified atom stereocenters. The fourth-order valence-corrected chi connectivity index (χ4v) is 4.75. The Morgan fingerprint density at radius 3 is 2.59 bits per heavy atom. The summed E-state index contributed by atoms with van der Waals surface area (Å²) in [6.07, 6.45) is 2.92. The van der Waals surface area contributed by atoms with Crippen molar-refractivity contribution in [2.75, 3.05) is 13.2 Å². The molecule has 0 radical (unpaired) electrons. The van der Waals surface area contributed by atoms with Gasteiger partial charge in [-0.25, -0.2) is 4.98 Å². The molecule has 2 aromatic heterocycles. The molecule has 176 valence electrons. The van der Waals surface area contributed by atoms with E-state index in [0.717, 1.165) is 27.5 Å². The maximum absolute atomic E-state index is 13.0. The summed E-state index contributed by atoms with van der Waals surface area (Å²) in [6.45, 7) is 3.11. The van der Waals surface area contributed by atoms with Crippen LogP contribution in [0.15, 0.2) is 66.2 Å². The van der Waals surface area contributed by atoms with E-state index < -0.39 is 0 Å². The molecule has 2 heterocycles. The molecule has 0 spiro atoms. The molecule has 34 heavy (non-hydrogen) atoms. The molecule has 6 nitrogen and oxygen atoms in total. The van der Waals surface area contributed by atoms with Crippen molar-refractivity contribution < 1.29 is 14.3 Å². The van der Waals surface area contributed by atoms with Gasteiger partial charge < -0.3 is 9.64 Å². The lowest BCUT2D eigenvalue weighted by molar-refractivity contribution is -0.145. The Balaban J connectivity index is 1.48. The van der Waals surface area contributed by atoms with E-state index in [1.54, 1.807) is 18.3 Å². The molecule has 0 saturated heterocycles. The van der Waals surface area contributed by atoms with Gasteiger partial charge in [0.25, 0.3) is 0 Å². The second-order valence-corrected chi connectivity index (χ2v) is 9.14. The van der Waals surface area contributed by atoms with Crippen LogP contribution in [0.25, 0.3) is 16.2 Å². The number of ether oxygens (including phenoxy) is 1. The highest BCUT2D eigenvalue weighted by atomic mass is 35.5. The second-order valence-electron chi connectivity index (χ2n) is 7.87. The third kappa shape index (κ3) is 6.04. The number of halogens is 1. The quantitative estimate of drug-likeness (QED) is 0.267. The predicted molar refractivity (Wildman–Crippen MR) is 135 cm³/mol. The summed E-state index contributed by atoms with van der Waals surface area (Å²) in [5.41, 5.74) is 4.03. The summed E-state index contributed by atoms with van der Waals surface area (Å²) in [5.74, 6) is -0.404. The zero-order chi connectivity index (χ0) is 23.9. The van der Waals surface area contributed by atoms with Crippen LogP contribution < -0.4 is 0 Å². The molecule has 0 saturated carbocycles. The SMILES string of the molecule is CCOC(=O)CCC(=O)N(CCc1csc2nc(-c3ccc(Cl)cc3)cn12)Cc1ccccc1. The zero-order valence-corrected chi connectivity index (χ0v) is 20.5. The number of carbonyl (C=O) groups is 2. The number of aromatic nitrogens is 2. The van der Waals surface area contributed by atoms with Gasteiger partial charge in [0.05, 0.1) is 18.7 Å². The fourth-order valence-electron chi connectivity index (χ4n) is 3.71. The van der Waals surface area contributed by atoms with Crippen LogP contribution in [0, 0.1) is 0 Å². The molecule has 2 aromatic carbocycles. The molecule has 4 rings (SSSR count). The zero-order valence-electron chi connectivity index (χ0n) is 18.9. The summed E-state index contributed by atoms with van der Waals surface area (Å²) in [6, 6.07) is 17.5. The van der Waals surface area contributed by atoms with Crippen molar-refractivity contribution in [3.63, 3.8) is 0 Å². The lowest BCUT2D eigenvalue weighted by atomic mass is 10.1. The van der Waals surface area contributed by atoms with E-state index in [1.165, 1.54) is 0 Å². The van der Waals surface area contributed by atoms with Crippen LogP contribution >= 0.6 is 22.9 Å². The third-order valence-electron chi connectivity index (χ3n) is 5.48. The Bertz CT molecular complexity index is 1250. The molecule has 4 aromatic rings. The number of amides is 1. The van der Waals surface area contributed by atoms with Crippen molar-refractivity contribution >= 4 is 39.8 Å². The molecule has 0 aliphatic carbocycles. The number of hydrogen-bond acceptors (Lipinski definition) is 5. The Kier molecular flexibility index (Phi) is 7.98. The van der Waals surface area contributed by atoms with Gasteiger partial charge in [0.2, 0.25) is 5.91 Å². The lowest BCUT2D eigenvalue weighted by Gasteiger charge is -2.23. The number of benzene rings is 2. The third-order valence-corrected chi connectivity index (χ3v) is 6.62. The van der Waals surface area contributed by atoms with Gasteiger partial charge in [-0.1, -0.05) is 54.1 Å². The maximum Gasteiger partial charge on any atom is 0.306 e. The number of imidazole rings is 1. The van der Waals surface area contributed by atoms with Gasteiger partial charge in [0.15, 0.2) is 4.96 Å². The van der Waals surface area contributed by atoms with Gasteiger partial charge in [-0.2, -0.15) is 0 Å². The molecule has 0 aliphatic rings. The van der Waals surface area contributed by atoms with E-state index in [2.05, 4.69) is 9.78 Å². The Morgan fingerprint density at radius 2 is 1.85 bits per heavy atom. The Labute approximate surface area is 207 Å². The molecular formula is C26H26ClN3O3S. The minimum atomic E-state index is -0.344. The van der Waals surface area contributed by atoms with Crippen LogP contribution in [-0.2, 0) is 27.3 Å². The van der Waals surface area contributed by atoms with Gasteiger partial charge in [-0.05, 0) is 24.6 Å². The van der Waals surface area contributed by atoms with E-state index in [1.807, 2.05) is 65.7 Å². The van der Waals surface area contributed by atoms with Crippen LogP contribution in [0.3, 0.4) is 0 Å². The van der Waals surface area contributed by atoms with Crippen molar-refractivity contribution in [1.82, 2.24) is 14.3 Å². The fraction of sp³-hybridized carbons (Fsp3) is 0.269. The summed E-state index contributed by atoms with van der Waals surface area (Å²) >= 11 is 7.59. The van der Waals surface area contributed by atoms with E-state index in [-0.39, 0.29) is 24.7 Å². The van der Waals surface area contributed by atoms with Gasteiger partial charge in [0, 0.05) is 53.8 Å². The number of fused-ring (bicyclic) bond motifs is 1. The monoisotopic (exact) mass is 495 g/mol. The second kappa shape index (κ2) is 11.3. The summed E-state index contributed by atoms with van der Waals surface area (Å²) in [5, 5.41) is 2.77. The first-order chi connectivity index (χ1) is 16.5. The van der Waals surface area contributed by atoms with E-state index in [0.29, 0.717) is 31.1 Å². The number of hydrogen-bond donors (Lipinski definition) is 0. The average Bonchev–Trinajstić information content (AvgIpc) is 3.43. The first-order valence-electron chi connectivity index (χ1n) is 11.2. The number of carbonyl (C=O) groups excluding carboxylic acids is 2. The van der Waals surface area contributed by atoms with Gasteiger partial charge in [-0.3, -0.25) is 14.0 Å². The smallest absolute Gasteiger partial charge is 0.306 e. The van der Waals surface area contributed by atoms with E-state index in [9.17, 15) is 9.59 Å². The Morgan fingerprint density at radius 1 is 1.09 bits per heavy atom. The summed E-state index contributed by atoms with van der Waals surface area (Å²) in [7, 11) is 0. The molecule has 1 amide bonds. The normalized spacial score (nSPS) is 11.0. The minimum absolute atomic E-state index is 0.0594. The van der Waals surface area contributed by atoms with Gasteiger partial charge in [-0.15, -0.1) is 11.3 Å². The minimum Gasteiger partial charge on any atom is -0.466 e. The standard InChI is InChI=1S/C26H26ClN3O3S/c1-2-33-25(32)13-12-24(31)29(16-19-6-4-3-5-7-19)15-14-22-18-34-26-28-23(17-30(22)26)20-8-10-21(27)11-9-20/h3-11,17-18H,2,12-16H2,1H3. The topological polar surface area (TPSA) is 63.9 Å². The number of rotatable bonds is 10. The van der Waals surface area contributed by atoms with E-state index >= 15 is 0 Å². The predicted octanol–water partition coefficient (Wildman–Crippen LogP) is 5.63. The highest BCUT2D eigenvalue weighted by Gasteiger charge is 2.18. The molecule has 0 fully saturated rings. The molecular weight excluding hydrogens is 470 g/mol. The molecule has 0 atom stereocenters. The average molecular weight is 496 g/mol. The van der Waals surface area contributed by atoms with Crippen LogP contribution in [0.2, 0.25) is 5.02 Å². The first kappa shape index (κ1) is 24.0. The number of esters is 1. The molecule has 0 aliphatic heterocycles. The van der Waals surface area contributed by atoms with Crippen LogP contribution in [0.1, 0.15) is 31.0 Å². The van der Waals surface area contributed by atoms with E-state index in [4.69, 9.17) is 21.3 Å². The lowest BCUT2D eigenvalue weighted by Crippen LogP contribution is -2.33. The molecule has 0 N–H and O–H groups in total. The van der Waals surface area contributed by atoms with Crippen molar-refractivity contribution in [2.45, 2.75) is 32.7 Å². The van der Waals surface area contributed by atoms with Crippen molar-refractivity contribution in [2.24, 2.45) is 0 Å². The number of thiazole rings is 1. The Hall–Kier alpha value is -3.16.